The molecule has 2 atom stereocenters. The number of hydrogen-bond donors (Lipinski definition) is 2. The minimum Gasteiger partial charge on any atom is -0.495 e. The number of carbonyl (C=O) groups excluding carboxylic acids is 1. The molecule has 0 spiro atoms. The average molecular weight is 410 g/mol. The molecule has 3 aromatic rings. The number of rotatable bonds is 7. The molecular formula is C24H26ClN2O2+. The zero-order valence-corrected chi connectivity index (χ0v) is 17.6. The third-order valence-corrected chi connectivity index (χ3v) is 5.14. The lowest BCUT2D eigenvalue weighted by molar-refractivity contribution is -0.718. The van der Waals surface area contributed by atoms with E-state index >= 15 is 0 Å². The topological polar surface area (TPSA) is 54.9 Å². The number of carbonyl (C=O) groups is 1. The minimum atomic E-state index is -0.421. The number of halogens is 1. The van der Waals surface area contributed by atoms with E-state index in [-0.39, 0.29) is 11.9 Å². The molecule has 0 saturated carbocycles. The molecule has 3 aromatic carbocycles. The van der Waals surface area contributed by atoms with E-state index < -0.39 is 6.04 Å². The van der Waals surface area contributed by atoms with Gasteiger partial charge in [-0.25, -0.2) is 0 Å². The van der Waals surface area contributed by atoms with E-state index in [1.807, 2.05) is 79.7 Å². The lowest BCUT2D eigenvalue weighted by Crippen LogP contribution is -2.87. The highest BCUT2D eigenvalue weighted by molar-refractivity contribution is 6.30. The van der Waals surface area contributed by atoms with Crippen molar-refractivity contribution in [3.05, 3.63) is 94.5 Å². The van der Waals surface area contributed by atoms with E-state index in [9.17, 15) is 4.79 Å². The van der Waals surface area contributed by atoms with E-state index in [1.165, 1.54) is 0 Å². The van der Waals surface area contributed by atoms with Crippen LogP contribution in [0.25, 0.3) is 0 Å². The van der Waals surface area contributed by atoms with Crippen molar-refractivity contribution in [1.82, 2.24) is 0 Å². The number of ether oxygens (including phenoxy) is 1. The molecule has 0 radical (unpaired) electrons. The highest BCUT2D eigenvalue weighted by Crippen LogP contribution is 2.26. The second kappa shape index (κ2) is 9.59. The molecule has 0 aliphatic heterocycles. The maximum atomic E-state index is 13.3. The fourth-order valence-electron chi connectivity index (χ4n) is 3.33. The molecule has 0 unspecified atom stereocenters. The van der Waals surface area contributed by atoms with Crippen LogP contribution in [0.4, 0.5) is 5.69 Å². The summed E-state index contributed by atoms with van der Waals surface area (Å²) < 4.78 is 5.41. The first-order valence-electron chi connectivity index (χ1n) is 9.59. The Bertz CT molecular complexity index is 976. The van der Waals surface area contributed by atoms with Crippen LogP contribution in [0.15, 0.2) is 72.8 Å². The minimum absolute atomic E-state index is 0.0454. The summed E-state index contributed by atoms with van der Waals surface area (Å²) in [5.41, 5.74) is 3.72. The van der Waals surface area contributed by atoms with Crippen molar-refractivity contribution in [3.8, 4) is 5.75 Å². The number of quaternary nitrogens is 1. The van der Waals surface area contributed by atoms with Gasteiger partial charge in [0.05, 0.1) is 12.8 Å². The number of aryl methyl sites for hydroxylation is 1. The Morgan fingerprint density at radius 3 is 2.41 bits per heavy atom. The third-order valence-electron chi connectivity index (χ3n) is 4.91. The fraction of sp³-hybridized carbons (Fsp3) is 0.208. The van der Waals surface area contributed by atoms with Crippen molar-refractivity contribution < 1.29 is 14.8 Å². The van der Waals surface area contributed by atoms with Gasteiger partial charge in [-0.15, -0.1) is 0 Å². The van der Waals surface area contributed by atoms with E-state index in [0.29, 0.717) is 16.5 Å². The van der Waals surface area contributed by atoms with Gasteiger partial charge >= 0.3 is 0 Å². The van der Waals surface area contributed by atoms with Gasteiger partial charge in [-0.05, 0) is 43.7 Å². The number of methoxy groups -OCH3 is 1. The number of hydrogen-bond acceptors (Lipinski definition) is 2. The van der Waals surface area contributed by atoms with Gasteiger partial charge in [-0.3, -0.25) is 4.79 Å². The van der Waals surface area contributed by atoms with Crippen LogP contribution in [-0.4, -0.2) is 13.0 Å². The molecule has 5 heteroatoms. The molecule has 0 aliphatic rings. The van der Waals surface area contributed by atoms with E-state index in [4.69, 9.17) is 16.3 Å². The summed E-state index contributed by atoms with van der Waals surface area (Å²) in [5.74, 6) is 0.535. The van der Waals surface area contributed by atoms with Crippen LogP contribution in [0.5, 0.6) is 5.75 Å². The van der Waals surface area contributed by atoms with Crippen LogP contribution in [0.1, 0.15) is 35.7 Å². The number of nitrogens with one attached hydrogen (secondary N) is 1. The molecule has 1 amide bonds. The first-order valence-corrected chi connectivity index (χ1v) is 9.96. The van der Waals surface area contributed by atoms with Gasteiger partial charge in [-0.2, -0.15) is 0 Å². The van der Waals surface area contributed by atoms with Gasteiger partial charge in [0.2, 0.25) is 0 Å². The van der Waals surface area contributed by atoms with Gasteiger partial charge in [0, 0.05) is 16.1 Å². The smallest absolute Gasteiger partial charge is 0.287 e. The molecule has 0 saturated heterocycles. The van der Waals surface area contributed by atoms with Crippen LogP contribution in [0.2, 0.25) is 5.02 Å². The second-order valence-electron chi connectivity index (χ2n) is 7.12. The predicted molar refractivity (Wildman–Crippen MR) is 117 cm³/mol. The summed E-state index contributed by atoms with van der Waals surface area (Å²) >= 11 is 6.15. The van der Waals surface area contributed by atoms with Crippen LogP contribution < -0.4 is 15.4 Å². The molecule has 3 N–H and O–H groups in total. The van der Waals surface area contributed by atoms with Crippen LogP contribution >= 0.6 is 11.6 Å². The maximum absolute atomic E-state index is 13.3. The van der Waals surface area contributed by atoms with Crippen molar-refractivity contribution in [2.24, 2.45) is 0 Å². The first kappa shape index (κ1) is 20.9. The van der Waals surface area contributed by atoms with Crippen LogP contribution in [-0.2, 0) is 4.79 Å². The second-order valence-corrected chi connectivity index (χ2v) is 7.55. The molecule has 29 heavy (non-hydrogen) atoms. The van der Waals surface area contributed by atoms with Gasteiger partial charge in [0.1, 0.15) is 11.8 Å². The first-order chi connectivity index (χ1) is 14.0. The van der Waals surface area contributed by atoms with Gasteiger partial charge in [0.15, 0.2) is 6.04 Å². The van der Waals surface area contributed by atoms with Gasteiger partial charge < -0.3 is 15.4 Å². The Labute approximate surface area is 176 Å². The van der Waals surface area contributed by atoms with E-state index in [0.717, 1.165) is 16.7 Å². The van der Waals surface area contributed by atoms with Crippen molar-refractivity contribution in [1.29, 1.82) is 0 Å². The monoisotopic (exact) mass is 409 g/mol. The molecule has 0 aliphatic carbocycles. The number of benzene rings is 3. The summed E-state index contributed by atoms with van der Waals surface area (Å²) in [4.78, 5) is 13.3. The molecule has 0 bridgehead atoms. The Kier molecular flexibility index (Phi) is 6.91. The SMILES string of the molecule is COc1ccc(C)cc1NC(=O)[C@H]([NH2+][C@H](C)c1cccc(Cl)c1)c1ccccc1. The zero-order chi connectivity index (χ0) is 20.8. The summed E-state index contributed by atoms with van der Waals surface area (Å²) in [6.07, 6.45) is 0. The molecule has 3 rings (SSSR count). The Balaban J connectivity index is 1.88. The molecule has 150 valence electrons. The Morgan fingerprint density at radius 1 is 1.00 bits per heavy atom. The molecule has 4 nitrogen and oxygen atoms in total. The van der Waals surface area contributed by atoms with E-state index in [1.54, 1.807) is 7.11 Å². The van der Waals surface area contributed by atoms with Crippen molar-refractivity contribution in [3.63, 3.8) is 0 Å². The fourth-order valence-corrected chi connectivity index (χ4v) is 3.53. The van der Waals surface area contributed by atoms with Crippen molar-refractivity contribution in [2.75, 3.05) is 12.4 Å². The largest absolute Gasteiger partial charge is 0.495 e. The van der Waals surface area contributed by atoms with Crippen molar-refractivity contribution >= 4 is 23.2 Å². The summed E-state index contributed by atoms with van der Waals surface area (Å²) in [6, 6.07) is 22.9. The van der Waals surface area contributed by atoms with Gasteiger partial charge in [-0.1, -0.05) is 60.1 Å². The molecular weight excluding hydrogens is 384 g/mol. The van der Waals surface area contributed by atoms with Gasteiger partial charge in [0.25, 0.3) is 5.91 Å². The Morgan fingerprint density at radius 2 is 1.72 bits per heavy atom. The highest BCUT2D eigenvalue weighted by atomic mass is 35.5. The zero-order valence-electron chi connectivity index (χ0n) is 16.9. The molecule has 0 aromatic heterocycles. The maximum Gasteiger partial charge on any atom is 0.287 e. The summed E-state index contributed by atoms with van der Waals surface area (Å²) in [5, 5.41) is 5.79. The lowest BCUT2D eigenvalue weighted by atomic mass is 10.0. The third kappa shape index (κ3) is 5.37. The normalized spacial score (nSPS) is 12.8. The average Bonchev–Trinajstić information content (AvgIpc) is 2.72. The molecule has 0 fully saturated rings. The lowest BCUT2D eigenvalue weighted by Gasteiger charge is -2.21. The molecule has 0 heterocycles. The van der Waals surface area contributed by atoms with Crippen molar-refractivity contribution in [2.45, 2.75) is 25.9 Å². The Hall–Kier alpha value is -2.82. The quantitative estimate of drug-likeness (QED) is 0.596. The van der Waals surface area contributed by atoms with Crippen LogP contribution in [0.3, 0.4) is 0 Å². The highest BCUT2D eigenvalue weighted by Gasteiger charge is 2.27. The van der Waals surface area contributed by atoms with E-state index in [2.05, 4.69) is 17.6 Å². The number of anilines is 1. The summed E-state index contributed by atoms with van der Waals surface area (Å²) in [7, 11) is 1.60. The predicted octanol–water partition coefficient (Wildman–Crippen LogP) is 4.66. The summed E-state index contributed by atoms with van der Waals surface area (Å²) in [6.45, 7) is 4.05. The number of nitrogens with two attached hydrogens (primary N) is 1. The van der Waals surface area contributed by atoms with Crippen LogP contribution in [0, 0.1) is 6.92 Å². The standard InChI is InChI=1S/C24H25ClN2O2/c1-16-12-13-22(29-3)21(14-16)27-24(28)23(18-8-5-4-6-9-18)26-17(2)19-10-7-11-20(25)15-19/h4-15,17,23,26H,1-3H3,(H,27,28)/p+1/t17-,23-/m1/s1. The number of amides is 1.